The fourth-order valence-corrected chi connectivity index (χ4v) is 3.81. The average molecular weight is 358 g/mol. The molecule has 7 nitrogen and oxygen atoms in total. The van der Waals surface area contributed by atoms with Gasteiger partial charge in [-0.25, -0.2) is 13.4 Å². The van der Waals surface area contributed by atoms with Crippen molar-refractivity contribution in [1.29, 1.82) is 0 Å². The number of imidazole rings is 1. The van der Waals surface area contributed by atoms with Crippen LogP contribution in [-0.4, -0.2) is 34.6 Å². The van der Waals surface area contributed by atoms with Crippen molar-refractivity contribution >= 4 is 32.5 Å². The third-order valence-electron chi connectivity index (χ3n) is 3.92. The zero-order chi connectivity index (χ0) is 18.2. The number of nitrogens with zero attached hydrogens (tertiary/aromatic N) is 2. The summed E-state index contributed by atoms with van der Waals surface area (Å²) < 4.78 is 25.5. The number of sulfone groups is 1. The molecule has 0 aliphatic heterocycles. The van der Waals surface area contributed by atoms with Crippen molar-refractivity contribution in [2.75, 3.05) is 5.73 Å². The Labute approximate surface area is 145 Å². The van der Waals surface area contributed by atoms with Gasteiger partial charge in [0.25, 0.3) is 0 Å². The van der Waals surface area contributed by atoms with Crippen molar-refractivity contribution in [2.45, 2.75) is 24.0 Å². The van der Waals surface area contributed by atoms with Crippen LogP contribution in [0.3, 0.4) is 0 Å². The van der Waals surface area contributed by atoms with Crippen molar-refractivity contribution < 1.29 is 13.6 Å². The number of fused-ring (bicyclic) bond motifs is 1. The Hall–Kier alpha value is -2.87. The maximum atomic E-state index is 12.8. The van der Waals surface area contributed by atoms with Crippen molar-refractivity contribution in [3.05, 3.63) is 53.6 Å². The van der Waals surface area contributed by atoms with Crippen LogP contribution in [-0.2, 0) is 9.84 Å². The predicted octanol–water partition coefficient (Wildman–Crippen LogP) is 2.55. The van der Waals surface area contributed by atoms with Crippen LogP contribution in [0.5, 0.6) is 0 Å². The quantitative estimate of drug-likeness (QED) is 0.376. The van der Waals surface area contributed by atoms with Gasteiger partial charge in [0.1, 0.15) is 11.2 Å². The normalized spacial score (nSPS) is 12.8. The zero-order valence-electron chi connectivity index (χ0n) is 13.8. The molecule has 2 aromatic carbocycles. The molecular weight excluding hydrogens is 340 g/mol. The van der Waals surface area contributed by atoms with Gasteiger partial charge in [-0.05, 0) is 26.0 Å². The minimum atomic E-state index is -3.61. The molecule has 0 atom stereocenters. The van der Waals surface area contributed by atoms with E-state index in [1.807, 2.05) is 6.07 Å². The number of nitrogen functional groups attached to an aromatic ring is 1. The van der Waals surface area contributed by atoms with Crippen LogP contribution in [0.4, 0.5) is 5.95 Å². The van der Waals surface area contributed by atoms with E-state index in [1.54, 1.807) is 44.2 Å². The summed E-state index contributed by atoms with van der Waals surface area (Å²) in [6.45, 7) is 3.20. The lowest BCUT2D eigenvalue weighted by Gasteiger charge is -2.11. The van der Waals surface area contributed by atoms with E-state index >= 15 is 0 Å². The molecule has 8 heteroatoms. The van der Waals surface area contributed by atoms with Crippen molar-refractivity contribution in [3.8, 4) is 0 Å². The second kappa shape index (κ2) is 6.21. The van der Waals surface area contributed by atoms with Crippen molar-refractivity contribution in [1.82, 2.24) is 9.97 Å². The van der Waals surface area contributed by atoms with Gasteiger partial charge >= 0.3 is 0 Å². The van der Waals surface area contributed by atoms with Crippen LogP contribution in [0, 0.1) is 0 Å². The molecular formula is C17H18N4O3S. The predicted molar refractivity (Wildman–Crippen MR) is 96.7 cm³/mol. The molecule has 25 heavy (non-hydrogen) atoms. The smallest absolute Gasteiger partial charge is 0.198 e. The Morgan fingerprint density at radius 3 is 2.48 bits per heavy atom. The summed E-state index contributed by atoms with van der Waals surface area (Å²) in [7, 11) is -3.61. The summed E-state index contributed by atoms with van der Waals surface area (Å²) in [6, 6.07) is 12.1. The van der Waals surface area contributed by atoms with Crippen LogP contribution in [0.25, 0.3) is 11.0 Å². The van der Waals surface area contributed by atoms with Gasteiger partial charge in [0.15, 0.2) is 15.8 Å². The largest absolute Gasteiger partial charge is 0.410 e. The summed E-state index contributed by atoms with van der Waals surface area (Å²) in [6.07, 6.45) is 0. The third-order valence-corrected chi connectivity index (χ3v) is 6.08. The maximum absolute atomic E-state index is 12.8. The van der Waals surface area contributed by atoms with Crippen molar-refractivity contribution in [2.24, 2.45) is 5.16 Å². The Kier molecular flexibility index (Phi) is 4.22. The monoisotopic (exact) mass is 358 g/mol. The fraction of sp³-hybridized carbons (Fsp3) is 0.176. The van der Waals surface area contributed by atoms with E-state index in [0.29, 0.717) is 16.6 Å². The molecule has 0 bridgehead atoms. The molecule has 1 aromatic heterocycles. The van der Waals surface area contributed by atoms with Crippen molar-refractivity contribution in [3.63, 3.8) is 0 Å². The van der Waals surface area contributed by atoms with Crippen LogP contribution >= 0.6 is 0 Å². The average Bonchev–Trinajstić information content (AvgIpc) is 2.95. The van der Waals surface area contributed by atoms with Gasteiger partial charge in [-0.2, -0.15) is 0 Å². The number of hydrogen-bond donors (Lipinski definition) is 3. The minimum absolute atomic E-state index is 0.0556. The lowest BCUT2D eigenvalue weighted by molar-refractivity contribution is 0.319. The molecule has 3 aromatic rings. The highest BCUT2D eigenvalue weighted by atomic mass is 32.2. The summed E-state index contributed by atoms with van der Waals surface area (Å²) in [5.41, 5.74) is 7.82. The SMILES string of the molecule is CC(C)S(=O)(=O)c1cc(C(=NO)c2ccccc2)cc2[nH]c(N)nc12. The molecule has 0 aliphatic rings. The van der Waals surface area contributed by atoms with Gasteiger partial charge in [0, 0.05) is 11.1 Å². The molecule has 0 radical (unpaired) electrons. The van der Waals surface area contributed by atoms with Gasteiger partial charge < -0.3 is 15.9 Å². The first-order chi connectivity index (χ1) is 11.8. The Balaban J connectivity index is 2.31. The van der Waals surface area contributed by atoms with Crippen LogP contribution in [0.15, 0.2) is 52.5 Å². The van der Waals surface area contributed by atoms with Gasteiger partial charge in [-0.3, -0.25) is 0 Å². The molecule has 0 spiro atoms. The number of benzene rings is 2. The number of rotatable bonds is 4. The van der Waals surface area contributed by atoms with Gasteiger partial charge in [-0.15, -0.1) is 0 Å². The molecule has 0 saturated heterocycles. The zero-order valence-corrected chi connectivity index (χ0v) is 14.6. The number of anilines is 1. The first-order valence-corrected chi connectivity index (χ1v) is 9.20. The van der Waals surface area contributed by atoms with E-state index in [1.165, 1.54) is 6.07 Å². The fourth-order valence-electron chi connectivity index (χ4n) is 2.59. The van der Waals surface area contributed by atoms with Crippen LogP contribution in [0.2, 0.25) is 0 Å². The summed E-state index contributed by atoms with van der Waals surface area (Å²) >= 11 is 0. The Morgan fingerprint density at radius 1 is 1.20 bits per heavy atom. The van der Waals surface area contributed by atoms with E-state index in [-0.39, 0.29) is 22.1 Å². The van der Waals surface area contributed by atoms with Crippen LogP contribution in [0.1, 0.15) is 25.0 Å². The van der Waals surface area contributed by atoms with Crippen LogP contribution < -0.4 is 5.73 Å². The minimum Gasteiger partial charge on any atom is -0.410 e. The first kappa shape index (κ1) is 17.0. The number of H-pyrrole nitrogens is 1. The van der Waals surface area contributed by atoms with Gasteiger partial charge in [0.2, 0.25) is 0 Å². The van der Waals surface area contributed by atoms with Gasteiger partial charge in [-0.1, -0.05) is 35.5 Å². The number of aromatic amines is 1. The summed E-state index contributed by atoms with van der Waals surface area (Å²) in [5, 5.41) is 12.2. The number of nitrogens with two attached hydrogens (primary N) is 1. The number of oxime groups is 1. The van der Waals surface area contributed by atoms with E-state index < -0.39 is 15.1 Å². The number of nitrogens with one attached hydrogen (secondary N) is 1. The molecule has 0 unspecified atom stereocenters. The molecule has 0 fully saturated rings. The Morgan fingerprint density at radius 2 is 1.88 bits per heavy atom. The molecule has 130 valence electrons. The third kappa shape index (κ3) is 2.96. The highest BCUT2D eigenvalue weighted by Crippen LogP contribution is 2.28. The standard InChI is InChI=1S/C17H18N4O3S/c1-10(2)25(23,24)14-9-12(8-13-16(14)20-17(18)19-13)15(21-22)11-6-4-3-5-7-11/h3-10,22H,1-2H3,(H3,18,19,20). The lowest BCUT2D eigenvalue weighted by Crippen LogP contribution is -2.15. The molecule has 4 N–H and O–H groups in total. The first-order valence-electron chi connectivity index (χ1n) is 7.65. The maximum Gasteiger partial charge on any atom is 0.198 e. The second-order valence-corrected chi connectivity index (χ2v) is 8.37. The van der Waals surface area contributed by atoms with E-state index in [0.717, 1.165) is 0 Å². The molecule has 3 rings (SSSR count). The lowest BCUT2D eigenvalue weighted by atomic mass is 10.0. The number of aromatic nitrogens is 2. The highest BCUT2D eigenvalue weighted by molar-refractivity contribution is 7.92. The summed E-state index contributed by atoms with van der Waals surface area (Å²) in [5.74, 6) is 0.120. The second-order valence-electron chi connectivity index (χ2n) is 5.90. The highest BCUT2D eigenvalue weighted by Gasteiger charge is 2.25. The van der Waals surface area contributed by atoms with Gasteiger partial charge in [0.05, 0.1) is 15.7 Å². The molecule has 1 heterocycles. The van der Waals surface area contributed by atoms with E-state index in [9.17, 15) is 13.6 Å². The Bertz CT molecular complexity index is 1050. The molecule has 0 amide bonds. The topological polar surface area (TPSA) is 121 Å². The molecule has 0 aliphatic carbocycles. The summed E-state index contributed by atoms with van der Waals surface area (Å²) in [4.78, 5) is 7.00. The van der Waals surface area contributed by atoms with E-state index in [2.05, 4.69) is 15.1 Å². The van der Waals surface area contributed by atoms with E-state index in [4.69, 9.17) is 5.73 Å². The molecule has 0 saturated carbocycles. The number of hydrogen-bond acceptors (Lipinski definition) is 6.